The third kappa shape index (κ3) is 3.77. The molecule has 2 aromatic heterocycles. The lowest BCUT2D eigenvalue weighted by Crippen LogP contribution is -2.13. The Bertz CT molecular complexity index is 964. The summed E-state index contributed by atoms with van der Waals surface area (Å²) >= 11 is 2.47. The van der Waals surface area contributed by atoms with Gasteiger partial charge in [0.05, 0.1) is 16.4 Å². The van der Waals surface area contributed by atoms with E-state index >= 15 is 0 Å². The van der Waals surface area contributed by atoms with Crippen LogP contribution in [0.2, 0.25) is 0 Å². The van der Waals surface area contributed by atoms with Crippen LogP contribution in [0.25, 0.3) is 11.1 Å². The first-order valence-corrected chi connectivity index (χ1v) is 10.4. The maximum atomic E-state index is 11.9. The van der Waals surface area contributed by atoms with Gasteiger partial charge >= 0.3 is 0 Å². The van der Waals surface area contributed by atoms with Crippen LogP contribution in [-0.2, 0) is 14.6 Å². The molecule has 3 rings (SSSR count). The van der Waals surface area contributed by atoms with Crippen molar-refractivity contribution in [3.05, 3.63) is 29.8 Å². The minimum absolute atomic E-state index is 0.0190. The summed E-state index contributed by atoms with van der Waals surface area (Å²) in [4.78, 5) is 20.2. The molecule has 2 heterocycles. The zero-order chi connectivity index (χ0) is 17.2. The molecule has 1 amide bonds. The number of nitrogens with one attached hydrogen (secondary N) is 1. The van der Waals surface area contributed by atoms with Crippen molar-refractivity contribution in [2.75, 3.05) is 16.8 Å². The van der Waals surface area contributed by atoms with Crippen LogP contribution in [-0.4, -0.2) is 35.8 Å². The Labute approximate surface area is 146 Å². The van der Waals surface area contributed by atoms with Crippen LogP contribution in [0.3, 0.4) is 0 Å². The molecule has 0 aliphatic heterocycles. The van der Waals surface area contributed by atoms with Crippen LogP contribution in [0, 0.1) is 0 Å². The van der Waals surface area contributed by atoms with E-state index in [-0.39, 0.29) is 22.3 Å². The van der Waals surface area contributed by atoms with Crippen molar-refractivity contribution in [2.24, 2.45) is 0 Å². The number of sulfone groups is 1. The summed E-state index contributed by atoms with van der Waals surface area (Å²) in [6, 6.07) is 4.56. The summed E-state index contributed by atoms with van der Waals surface area (Å²) in [7, 11) is -3.30. The van der Waals surface area contributed by atoms with Gasteiger partial charge in [-0.2, -0.15) is 0 Å². The predicted octanol–water partition coefficient (Wildman–Crippen LogP) is 2.81. The number of anilines is 1. The number of thiazole rings is 1. The molecule has 24 heavy (non-hydrogen) atoms. The molecule has 0 radical (unpaired) electrons. The van der Waals surface area contributed by atoms with Gasteiger partial charge in [-0.1, -0.05) is 18.7 Å². The zero-order valence-electron chi connectivity index (χ0n) is 12.6. The van der Waals surface area contributed by atoms with E-state index in [0.29, 0.717) is 21.5 Å². The minimum atomic E-state index is -3.30. The van der Waals surface area contributed by atoms with Gasteiger partial charge in [0.2, 0.25) is 5.91 Å². The standard InChI is InChI=1S/C14H13N3O4S3/c1-2-24(19,20)9-3-4-10-11(7-9)21-14(16-10)23-8-12(18)17-13-15-5-6-22-13/h3-7H,2,8H2,1H3,(H,15,17,18). The lowest BCUT2D eigenvalue weighted by atomic mass is 10.3. The van der Waals surface area contributed by atoms with Crippen LogP contribution in [0.15, 0.2) is 44.3 Å². The molecule has 0 aliphatic rings. The summed E-state index contributed by atoms with van der Waals surface area (Å²) in [5, 5.41) is 5.28. The third-order valence-corrected chi connectivity index (χ3v) is 6.33. The molecule has 7 nitrogen and oxygen atoms in total. The highest BCUT2D eigenvalue weighted by Crippen LogP contribution is 2.26. The Morgan fingerprint density at radius 3 is 2.96 bits per heavy atom. The van der Waals surface area contributed by atoms with Gasteiger partial charge in [0.25, 0.3) is 5.22 Å². The molecule has 1 N–H and O–H groups in total. The number of rotatable bonds is 6. The van der Waals surface area contributed by atoms with E-state index in [9.17, 15) is 13.2 Å². The Balaban J connectivity index is 1.70. The van der Waals surface area contributed by atoms with Gasteiger partial charge in [-0.05, 0) is 12.1 Å². The second kappa shape index (κ2) is 6.91. The zero-order valence-corrected chi connectivity index (χ0v) is 15.0. The van der Waals surface area contributed by atoms with Gasteiger partial charge in [0.15, 0.2) is 20.6 Å². The largest absolute Gasteiger partial charge is 0.431 e. The average molecular weight is 383 g/mol. The molecule has 0 atom stereocenters. The monoisotopic (exact) mass is 383 g/mol. The van der Waals surface area contributed by atoms with E-state index in [4.69, 9.17) is 4.42 Å². The predicted molar refractivity (Wildman–Crippen MR) is 93.2 cm³/mol. The Morgan fingerprint density at radius 2 is 2.25 bits per heavy atom. The van der Waals surface area contributed by atoms with Crippen molar-refractivity contribution < 1.29 is 17.6 Å². The van der Waals surface area contributed by atoms with E-state index in [1.54, 1.807) is 24.6 Å². The van der Waals surface area contributed by atoms with E-state index < -0.39 is 9.84 Å². The number of benzene rings is 1. The van der Waals surface area contributed by atoms with Crippen molar-refractivity contribution in [3.8, 4) is 0 Å². The molecule has 0 unspecified atom stereocenters. The number of thioether (sulfide) groups is 1. The molecule has 0 aliphatic carbocycles. The smallest absolute Gasteiger partial charge is 0.257 e. The molecule has 0 fully saturated rings. The maximum absolute atomic E-state index is 11.9. The van der Waals surface area contributed by atoms with Gasteiger partial charge in [0.1, 0.15) is 5.52 Å². The Kier molecular flexibility index (Phi) is 4.88. The number of hydrogen-bond acceptors (Lipinski definition) is 8. The van der Waals surface area contributed by atoms with E-state index in [0.717, 1.165) is 11.8 Å². The second-order valence-electron chi connectivity index (χ2n) is 4.69. The molecule has 0 spiro atoms. The van der Waals surface area contributed by atoms with Crippen molar-refractivity contribution >= 4 is 55.1 Å². The van der Waals surface area contributed by atoms with Gasteiger partial charge in [-0.15, -0.1) is 11.3 Å². The average Bonchev–Trinajstić information content (AvgIpc) is 3.21. The number of hydrogen-bond donors (Lipinski definition) is 1. The molecule has 0 saturated heterocycles. The Morgan fingerprint density at radius 1 is 1.42 bits per heavy atom. The SMILES string of the molecule is CCS(=O)(=O)c1ccc2nc(SCC(=O)Nc3nccs3)oc2c1. The first-order chi connectivity index (χ1) is 11.5. The number of nitrogens with zero attached hydrogens (tertiary/aromatic N) is 2. The fourth-order valence-corrected chi connectivity index (χ4v) is 3.95. The number of aromatic nitrogens is 2. The van der Waals surface area contributed by atoms with Crippen molar-refractivity contribution in [3.63, 3.8) is 0 Å². The van der Waals surface area contributed by atoms with Gasteiger partial charge in [-0.3, -0.25) is 4.79 Å². The van der Waals surface area contributed by atoms with Gasteiger partial charge in [-0.25, -0.2) is 18.4 Å². The third-order valence-electron chi connectivity index (χ3n) is 3.08. The molecule has 10 heteroatoms. The highest BCUT2D eigenvalue weighted by Gasteiger charge is 2.15. The number of carbonyl (C=O) groups excluding carboxylic acids is 1. The van der Waals surface area contributed by atoms with Crippen LogP contribution in [0.5, 0.6) is 0 Å². The molecule has 0 saturated carbocycles. The lowest BCUT2D eigenvalue weighted by molar-refractivity contribution is -0.113. The Hall–Kier alpha value is -1.91. The highest BCUT2D eigenvalue weighted by molar-refractivity contribution is 7.99. The number of carbonyl (C=O) groups is 1. The summed E-state index contributed by atoms with van der Waals surface area (Å²) < 4.78 is 29.3. The van der Waals surface area contributed by atoms with Crippen molar-refractivity contribution in [1.29, 1.82) is 0 Å². The molecule has 1 aromatic carbocycles. The summed E-state index contributed by atoms with van der Waals surface area (Å²) in [6.07, 6.45) is 1.61. The maximum Gasteiger partial charge on any atom is 0.257 e. The normalized spacial score (nSPS) is 11.7. The molecule has 0 bridgehead atoms. The van der Waals surface area contributed by atoms with E-state index in [1.807, 2.05) is 0 Å². The number of amides is 1. The van der Waals surface area contributed by atoms with Gasteiger partial charge < -0.3 is 9.73 Å². The van der Waals surface area contributed by atoms with Crippen LogP contribution < -0.4 is 5.32 Å². The summed E-state index contributed by atoms with van der Waals surface area (Å²) in [6.45, 7) is 1.59. The van der Waals surface area contributed by atoms with Gasteiger partial charge in [0, 0.05) is 17.6 Å². The van der Waals surface area contributed by atoms with E-state index in [2.05, 4.69) is 15.3 Å². The van der Waals surface area contributed by atoms with Crippen LogP contribution >= 0.6 is 23.1 Å². The molecular weight excluding hydrogens is 370 g/mol. The molecule has 3 aromatic rings. The van der Waals surface area contributed by atoms with Crippen LogP contribution in [0.4, 0.5) is 5.13 Å². The van der Waals surface area contributed by atoms with Crippen molar-refractivity contribution in [1.82, 2.24) is 9.97 Å². The number of oxazole rings is 1. The van der Waals surface area contributed by atoms with Crippen molar-refractivity contribution in [2.45, 2.75) is 17.0 Å². The topological polar surface area (TPSA) is 102 Å². The first-order valence-electron chi connectivity index (χ1n) is 6.93. The molecule has 126 valence electrons. The quantitative estimate of drug-likeness (QED) is 0.653. The van der Waals surface area contributed by atoms with Crippen LogP contribution in [0.1, 0.15) is 6.92 Å². The fourth-order valence-electron chi connectivity index (χ4n) is 1.87. The van der Waals surface area contributed by atoms with E-state index in [1.165, 1.54) is 23.5 Å². The first kappa shape index (κ1) is 16.9. The highest BCUT2D eigenvalue weighted by atomic mass is 32.2. The minimum Gasteiger partial charge on any atom is -0.431 e. The number of fused-ring (bicyclic) bond motifs is 1. The summed E-state index contributed by atoms with van der Waals surface area (Å²) in [5.74, 6) is -0.0796. The summed E-state index contributed by atoms with van der Waals surface area (Å²) in [5.41, 5.74) is 0.931. The lowest BCUT2D eigenvalue weighted by Gasteiger charge is -1.99. The second-order valence-corrected chi connectivity index (χ2v) is 8.79. The molecular formula is C14H13N3O4S3. The fraction of sp³-hybridized carbons (Fsp3) is 0.214.